The highest BCUT2D eigenvalue weighted by atomic mass is 16.5. The lowest BCUT2D eigenvalue weighted by molar-refractivity contribution is -0.117. The standard InChI is InChI=1S/C28H40N6O4/c1-19(20(2)27(36)30-22-11-12-22)10-13-25-21(3)26(34(33-25)24-8-6-5-7-9-24)32-28(37)31-23(18-35)14-15-29-16-17-38-4/h5-10,13,22-23,29,35H,11-12,14-18H2,1-4H3,(H,30,36)(H2,31,32,37)/b13-10+,20-19+/t23-/m1/s1. The zero-order valence-corrected chi connectivity index (χ0v) is 22.7. The van der Waals surface area contributed by atoms with Gasteiger partial charge in [-0.1, -0.05) is 24.3 Å². The number of amides is 3. The number of carbonyl (C=O) groups excluding carboxylic acids is 2. The van der Waals surface area contributed by atoms with Crippen LogP contribution in [-0.2, 0) is 9.53 Å². The summed E-state index contributed by atoms with van der Waals surface area (Å²) in [4.78, 5) is 25.3. The highest BCUT2D eigenvalue weighted by Crippen LogP contribution is 2.25. The third-order valence-corrected chi connectivity index (χ3v) is 6.44. The van der Waals surface area contributed by atoms with Crippen molar-refractivity contribution in [1.82, 2.24) is 25.7 Å². The van der Waals surface area contributed by atoms with Crippen LogP contribution < -0.4 is 21.3 Å². The molecule has 0 aliphatic heterocycles. The van der Waals surface area contributed by atoms with E-state index >= 15 is 0 Å². The largest absolute Gasteiger partial charge is 0.394 e. The van der Waals surface area contributed by atoms with Crippen LogP contribution >= 0.6 is 0 Å². The van der Waals surface area contributed by atoms with Gasteiger partial charge in [-0.15, -0.1) is 0 Å². The summed E-state index contributed by atoms with van der Waals surface area (Å²) in [7, 11) is 1.64. The number of allylic oxidation sites excluding steroid dienone is 2. The third kappa shape index (κ3) is 8.54. The number of para-hydroxylation sites is 1. The quantitative estimate of drug-likeness (QED) is 0.147. The molecule has 1 saturated carbocycles. The first-order chi connectivity index (χ1) is 18.3. The Bertz CT molecular complexity index is 1140. The molecule has 0 bridgehead atoms. The van der Waals surface area contributed by atoms with E-state index < -0.39 is 12.1 Å². The van der Waals surface area contributed by atoms with Crippen LogP contribution in [0.15, 0.2) is 47.6 Å². The van der Waals surface area contributed by atoms with E-state index in [1.54, 1.807) is 11.8 Å². The molecule has 3 rings (SSSR count). The average Bonchev–Trinajstić information content (AvgIpc) is 3.69. The average molecular weight is 525 g/mol. The number of methoxy groups -OCH3 is 1. The second kappa shape index (κ2) is 14.5. The molecule has 3 amide bonds. The van der Waals surface area contributed by atoms with E-state index in [1.165, 1.54) is 0 Å². The van der Waals surface area contributed by atoms with Gasteiger partial charge in [0.2, 0.25) is 5.91 Å². The monoisotopic (exact) mass is 524 g/mol. The second-order valence-electron chi connectivity index (χ2n) is 9.50. The van der Waals surface area contributed by atoms with Gasteiger partial charge in [0.25, 0.3) is 0 Å². The van der Waals surface area contributed by atoms with Crippen molar-refractivity contribution < 1.29 is 19.4 Å². The van der Waals surface area contributed by atoms with E-state index in [-0.39, 0.29) is 12.5 Å². The molecule has 1 aliphatic carbocycles. The Morgan fingerprint density at radius 2 is 1.95 bits per heavy atom. The highest BCUT2D eigenvalue weighted by molar-refractivity contribution is 5.94. The number of hydrogen-bond acceptors (Lipinski definition) is 6. The van der Waals surface area contributed by atoms with E-state index in [0.717, 1.165) is 29.7 Å². The smallest absolute Gasteiger partial charge is 0.320 e. The van der Waals surface area contributed by atoms with Crippen molar-refractivity contribution in [3.05, 3.63) is 58.8 Å². The Kier molecular flexibility index (Phi) is 11.1. The number of nitrogens with zero attached hydrogens (tertiary/aromatic N) is 2. The molecule has 1 atom stereocenters. The van der Waals surface area contributed by atoms with Gasteiger partial charge in [0.1, 0.15) is 5.82 Å². The van der Waals surface area contributed by atoms with Crippen LogP contribution in [0.1, 0.15) is 44.4 Å². The predicted molar refractivity (Wildman–Crippen MR) is 149 cm³/mol. The Balaban J connectivity index is 1.76. The van der Waals surface area contributed by atoms with Crippen LogP contribution in [0.3, 0.4) is 0 Å². The summed E-state index contributed by atoms with van der Waals surface area (Å²) in [6.45, 7) is 7.35. The van der Waals surface area contributed by atoms with Crippen molar-refractivity contribution in [3.63, 3.8) is 0 Å². The first kappa shape index (κ1) is 29.1. The minimum Gasteiger partial charge on any atom is -0.394 e. The lowest BCUT2D eigenvalue weighted by Crippen LogP contribution is -2.42. The minimum atomic E-state index is -0.430. The molecular weight excluding hydrogens is 484 g/mol. The van der Waals surface area contributed by atoms with Crippen LogP contribution in [-0.4, -0.2) is 72.3 Å². The summed E-state index contributed by atoms with van der Waals surface area (Å²) < 4.78 is 6.69. The molecule has 10 heteroatoms. The first-order valence-corrected chi connectivity index (χ1v) is 13.0. The van der Waals surface area contributed by atoms with Crippen molar-refractivity contribution >= 4 is 23.8 Å². The number of hydrogen-bond donors (Lipinski definition) is 5. The van der Waals surface area contributed by atoms with Gasteiger partial charge < -0.3 is 25.8 Å². The maximum absolute atomic E-state index is 12.9. The second-order valence-corrected chi connectivity index (χ2v) is 9.50. The SMILES string of the molecule is COCCNCC[C@H](CO)NC(=O)Nc1c(C)c(/C=C/C(C)=C(\C)C(=O)NC2CC2)nn1-c1ccccc1. The summed E-state index contributed by atoms with van der Waals surface area (Å²) in [6, 6.07) is 8.99. The maximum Gasteiger partial charge on any atom is 0.320 e. The van der Waals surface area contributed by atoms with Gasteiger partial charge in [-0.25, -0.2) is 9.48 Å². The van der Waals surface area contributed by atoms with Gasteiger partial charge in [0.15, 0.2) is 0 Å². The zero-order chi connectivity index (χ0) is 27.5. The Morgan fingerprint density at radius 1 is 1.21 bits per heavy atom. The van der Waals surface area contributed by atoms with Crippen LogP contribution in [0.25, 0.3) is 11.8 Å². The maximum atomic E-state index is 12.9. The fourth-order valence-corrected chi connectivity index (χ4v) is 3.72. The van der Waals surface area contributed by atoms with E-state index in [2.05, 4.69) is 21.3 Å². The molecule has 2 aromatic rings. The molecule has 1 aliphatic rings. The van der Waals surface area contributed by atoms with Crippen molar-refractivity contribution in [2.24, 2.45) is 0 Å². The van der Waals surface area contributed by atoms with Crippen LogP contribution in [0.5, 0.6) is 0 Å². The lowest BCUT2D eigenvalue weighted by atomic mass is 10.1. The van der Waals surface area contributed by atoms with E-state index in [0.29, 0.717) is 49.2 Å². The predicted octanol–water partition coefficient (Wildman–Crippen LogP) is 2.92. The fraction of sp³-hybridized carbons (Fsp3) is 0.464. The molecule has 5 N–H and O–H groups in total. The fourth-order valence-electron chi connectivity index (χ4n) is 3.72. The Hall–Kier alpha value is -3.47. The zero-order valence-electron chi connectivity index (χ0n) is 22.7. The number of aliphatic hydroxyl groups is 1. The van der Waals surface area contributed by atoms with Crippen molar-refractivity contribution in [2.45, 2.75) is 52.1 Å². The minimum absolute atomic E-state index is 0.0486. The molecule has 1 heterocycles. The molecule has 0 unspecified atom stereocenters. The molecule has 10 nitrogen and oxygen atoms in total. The number of aromatic nitrogens is 2. The third-order valence-electron chi connectivity index (χ3n) is 6.44. The van der Waals surface area contributed by atoms with Crippen molar-refractivity contribution in [2.75, 3.05) is 38.7 Å². The highest BCUT2D eigenvalue weighted by Gasteiger charge is 2.24. The number of benzene rings is 1. The topological polar surface area (TPSA) is 130 Å². The van der Waals surface area contributed by atoms with Gasteiger partial charge >= 0.3 is 6.03 Å². The first-order valence-electron chi connectivity index (χ1n) is 13.0. The summed E-state index contributed by atoms with van der Waals surface area (Å²) in [5.74, 6) is 0.473. The van der Waals surface area contributed by atoms with E-state index in [1.807, 2.05) is 63.3 Å². The van der Waals surface area contributed by atoms with Gasteiger partial charge in [0, 0.05) is 30.8 Å². The van der Waals surface area contributed by atoms with Crippen molar-refractivity contribution in [3.8, 4) is 5.69 Å². The molecule has 1 aromatic carbocycles. The Morgan fingerprint density at radius 3 is 2.61 bits per heavy atom. The molecule has 206 valence electrons. The number of ether oxygens (including phenoxy) is 1. The number of aliphatic hydroxyl groups excluding tert-OH is 1. The van der Waals surface area contributed by atoms with E-state index in [9.17, 15) is 14.7 Å². The number of carbonyl (C=O) groups is 2. The van der Waals surface area contributed by atoms with E-state index in [4.69, 9.17) is 9.84 Å². The molecular formula is C28H40N6O4. The summed E-state index contributed by atoms with van der Waals surface area (Å²) in [6.07, 6.45) is 6.37. The summed E-state index contributed by atoms with van der Waals surface area (Å²) in [5, 5.41) is 26.5. The number of rotatable bonds is 14. The van der Waals surface area contributed by atoms with Crippen LogP contribution in [0, 0.1) is 6.92 Å². The van der Waals surface area contributed by atoms with Gasteiger partial charge in [-0.2, -0.15) is 5.10 Å². The van der Waals surface area contributed by atoms with Gasteiger partial charge in [0.05, 0.1) is 30.6 Å². The van der Waals surface area contributed by atoms with Gasteiger partial charge in [-0.05, 0) is 70.4 Å². The lowest BCUT2D eigenvalue weighted by Gasteiger charge is -2.18. The van der Waals surface area contributed by atoms with Crippen LogP contribution in [0.2, 0.25) is 0 Å². The molecule has 0 spiro atoms. The molecule has 0 saturated heterocycles. The van der Waals surface area contributed by atoms with Crippen molar-refractivity contribution in [1.29, 1.82) is 0 Å². The molecule has 1 fully saturated rings. The number of nitrogens with one attached hydrogen (secondary N) is 4. The Labute approximate surface area is 224 Å². The van der Waals surface area contributed by atoms with Crippen LogP contribution in [0.4, 0.5) is 10.6 Å². The molecule has 1 aromatic heterocycles. The number of urea groups is 1. The summed E-state index contributed by atoms with van der Waals surface area (Å²) in [5.41, 5.74) is 3.74. The molecule has 38 heavy (non-hydrogen) atoms. The summed E-state index contributed by atoms with van der Waals surface area (Å²) >= 11 is 0. The van der Waals surface area contributed by atoms with Gasteiger partial charge in [-0.3, -0.25) is 10.1 Å². The normalized spacial score (nSPS) is 14.8. The number of anilines is 1. The molecule has 0 radical (unpaired) electrons.